The van der Waals surface area contributed by atoms with Gasteiger partial charge in [0.05, 0.1) is 11.4 Å². The number of aromatic nitrogens is 4. The molecule has 0 saturated heterocycles. The van der Waals surface area contributed by atoms with Gasteiger partial charge in [0.1, 0.15) is 12.0 Å². The molecule has 3 heterocycles. The van der Waals surface area contributed by atoms with Crippen molar-refractivity contribution in [2.75, 3.05) is 6.54 Å². The molecule has 4 rings (SSSR count). The van der Waals surface area contributed by atoms with E-state index < -0.39 is 11.6 Å². The molecule has 0 fully saturated rings. The molecular formula is C19H24FN5O. The molecule has 2 aromatic heterocycles. The molecule has 2 atom stereocenters. The highest BCUT2D eigenvalue weighted by molar-refractivity contribution is 5.66. The Hall–Kier alpha value is -2.41. The molecular weight excluding hydrogens is 333 g/mol. The van der Waals surface area contributed by atoms with Gasteiger partial charge in [-0.2, -0.15) is 5.10 Å². The second kappa shape index (κ2) is 5.81. The van der Waals surface area contributed by atoms with E-state index in [9.17, 15) is 9.18 Å². The SMILES string of the molecule is CC1=CC(n2nc3c(c2-n2cc[nH]c2=O)[C@H](C)NCC3)=CC(C)(C)C1F. The predicted molar refractivity (Wildman–Crippen MR) is 99.0 cm³/mol. The fraction of sp³-hybridized carbons (Fsp3) is 0.474. The molecule has 7 heteroatoms. The number of hydrogen-bond donors (Lipinski definition) is 2. The smallest absolute Gasteiger partial charge is 0.312 e. The summed E-state index contributed by atoms with van der Waals surface area (Å²) in [6.07, 6.45) is 6.82. The maximum atomic E-state index is 14.6. The highest BCUT2D eigenvalue weighted by Gasteiger charge is 2.35. The summed E-state index contributed by atoms with van der Waals surface area (Å²) in [4.78, 5) is 15.0. The fourth-order valence-electron chi connectivity index (χ4n) is 4.01. The summed E-state index contributed by atoms with van der Waals surface area (Å²) in [5.41, 5.74) is 2.61. The molecule has 0 bridgehead atoms. The van der Waals surface area contributed by atoms with Gasteiger partial charge in [-0.15, -0.1) is 0 Å². The van der Waals surface area contributed by atoms with Crippen LogP contribution in [0.1, 0.15) is 45.0 Å². The van der Waals surface area contributed by atoms with Crippen LogP contribution in [0.3, 0.4) is 0 Å². The summed E-state index contributed by atoms with van der Waals surface area (Å²) in [5, 5.41) is 8.25. The minimum atomic E-state index is -1.03. The first-order chi connectivity index (χ1) is 12.3. The first kappa shape index (κ1) is 17.0. The van der Waals surface area contributed by atoms with Gasteiger partial charge in [-0.25, -0.2) is 13.9 Å². The second-order valence-corrected chi connectivity index (χ2v) is 7.80. The third-order valence-corrected chi connectivity index (χ3v) is 5.29. The van der Waals surface area contributed by atoms with E-state index in [1.165, 1.54) is 0 Å². The minimum Gasteiger partial charge on any atom is -0.312 e. The first-order valence-corrected chi connectivity index (χ1v) is 8.96. The van der Waals surface area contributed by atoms with Gasteiger partial charge in [0.2, 0.25) is 0 Å². The van der Waals surface area contributed by atoms with E-state index in [1.807, 2.05) is 26.0 Å². The summed E-state index contributed by atoms with van der Waals surface area (Å²) in [6.45, 7) is 8.48. The summed E-state index contributed by atoms with van der Waals surface area (Å²) in [6, 6.07) is 0.0838. The summed E-state index contributed by atoms with van der Waals surface area (Å²) in [7, 11) is 0. The largest absolute Gasteiger partial charge is 0.331 e. The highest BCUT2D eigenvalue weighted by atomic mass is 19.1. The van der Waals surface area contributed by atoms with Gasteiger partial charge in [-0.1, -0.05) is 13.8 Å². The van der Waals surface area contributed by atoms with E-state index >= 15 is 0 Å². The summed E-state index contributed by atoms with van der Waals surface area (Å²) < 4.78 is 17.9. The van der Waals surface area contributed by atoms with Crippen LogP contribution in [0.25, 0.3) is 11.5 Å². The Morgan fingerprint density at radius 1 is 1.38 bits per heavy atom. The predicted octanol–water partition coefficient (Wildman–Crippen LogP) is 2.73. The molecule has 0 saturated carbocycles. The summed E-state index contributed by atoms with van der Waals surface area (Å²) >= 11 is 0. The van der Waals surface area contributed by atoms with Crippen LogP contribution in [-0.2, 0) is 6.42 Å². The molecule has 0 aromatic carbocycles. The number of imidazole rings is 1. The molecule has 0 amide bonds. The van der Waals surface area contributed by atoms with Crippen molar-refractivity contribution < 1.29 is 4.39 Å². The molecule has 26 heavy (non-hydrogen) atoms. The van der Waals surface area contributed by atoms with Crippen LogP contribution < -0.4 is 11.0 Å². The standard InChI is InChI=1S/C19H24FN5O/c1-11-9-13(10-19(3,4)16(11)20)25-17(24-8-7-22-18(24)26)15-12(2)21-6-5-14(15)23-25/h7-10,12,16,21H,5-6H2,1-4H3,(H,22,26)/t12-,16?/m0/s1. The molecule has 2 aliphatic rings. The fourth-order valence-corrected chi connectivity index (χ4v) is 4.01. The minimum absolute atomic E-state index is 0.0838. The van der Waals surface area contributed by atoms with Crippen molar-refractivity contribution in [2.24, 2.45) is 5.41 Å². The van der Waals surface area contributed by atoms with Gasteiger partial charge in [-0.3, -0.25) is 4.57 Å². The molecule has 138 valence electrons. The zero-order valence-corrected chi connectivity index (χ0v) is 15.5. The number of nitrogens with zero attached hydrogens (tertiary/aromatic N) is 3. The molecule has 0 spiro atoms. The van der Waals surface area contributed by atoms with Crippen LogP contribution in [0, 0.1) is 5.41 Å². The van der Waals surface area contributed by atoms with Gasteiger partial charge in [0.25, 0.3) is 0 Å². The Labute approximate surface area is 151 Å². The average Bonchev–Trinajstić information content (AvgIpc) is 3.16. The van der Waals surface area contributed by atoms with Crippen molar-refractivity contribution in [3.05, 3.63) is 51.9 Å². The number of fused-ring (bicyclic) bond motifs is 1. The average molecular weight is 357 g/mol. The van der Waals surface area contributed by atoms with Gasteiger partial charge >= 0.3 is 5.69 Å². The maximum absolute atomic E-state index is 14.6. The molecule has 1 aliphatic heterocycles. The molecule has 2 N–H and O–H groups in total. The molecule has 0 radical (unpaired) electrons. The Morgan fingerprint density at radius 2 is 2.15 bits per heavy atom. The zero-order chi connectivity index (χ0) is 18.6. The lowest BCUT2D eigenvalue weighted by atomic mass is 9.79. The van der Waals surface area contributed by atoms with Crippen LogP contribution in [-0.4, -0.2) is 32.0 Å². The van der Waals surface area contributed by atoms with Crippen LogP contribution in [0.15, 0.2) is 34.9 Å². The zero-order valence-electron chi connectivity index (χ0n) is 15.5. The lowest BCUT2D eigenvalue weighted by Crippen LogP contribution is -2.30. The monoisotopic (exact) mass is 357 g/mol. The Balaban J connectivity index is 1.99. The highest BCUT2D eigenvalue weighted by Crippen LogP contribution is 2.39. The lowest BCUT2D eigenvalue weighted by molar-refractivity contribution is 0.226. The molecule has 1 unspecified atom stereocenters. The van der Waals surface area contributed by atoms with Gasteiger partial charge < -0.3 is 10.3 Å². The third kappa shape index (κ3) is 2.49. The third-order valence-electron chi connectivity index (χ3n) is 5.29. The van der Waals surface area contributed by atoms with Crippen molar-refractivity contribution in [1.29, 1.82) is 0 Å². The Bertz CT molecular complexity index is 974. The van der Waals surface area contributed by atoms with E-state index in [4.69, 9.17) is 5.10 Å². The number of aromatic amines is 1. The Kier molecular flexibility index (Phi) is 3.80. The van der Waals surface area contributed by atoms with Gasteiger partial charge in [0.15, 0.2) is 0 Å². The van der Waals surface area contributed by atoms with Crippen LogP contribution in [0.5, 0.6) is 0 Å². The number of alkyl halides is 1. The van der Waals surface area contributed by atoms with Gasteiger partial charge in [0, 0.05) is 42.4 Å². The number of hydrogen-bond acceptors (Lipinski definition) is 3. The van der Waals surface area contributed by atoms with Crippen LogP contribution >= 0.6 is 0 Å². The van der Waals surface area contributed by atoms with Crippen molar-refractivity contribution in [1.82, 2.24) is 24.6 Å². The van der Waals surface area contributed by atoms with Crippen molar-refractivity contribution in [3.63, 3.8) is 0 Å². The van der Waals surface area contributed by atoms with Crippen molar-refractivity contribution in [2.45, 2.75) is 46.3 Å². The summed E-state index contributed by atoms with van der Waals surface area (Å²) in [5.74, 6) is 0.717. The van der Waals surface area contributed by atoms with E-state index in [0.29, 0.717) is 11.4 Å². The number of rotatable bonds is 2. The maximum Gasteiger partial charge on any atom is 0.331 e. The van der Waals surface area contributed by atoms with Crippen LogP contribution in [0.2, 0.25) is 0 Å². The number of H-pyrrole nitrogens is 1. The second-order valence-electron chi connectivity index (χ2n) is 7.80. The van der Waals surface area contributed by atoms with Crippen molar-refractivity contribution in [3.8, 4) is 5.82 Å². The number of allylic oxidation sites excluding steroid dienone is 4. The van der Waals surface area contributed by atoms with E-state index in [1.54, 1.807) is 28.6 Å². The van der Waals surface area contributed by atoms with E-state index in [0.717, 1.165) is 29.9 Å². The lowest BCUT2D eigenvalue weighted by Gasteiger charge is -2.31. The molecule has 2 aromatic rings. The van der Waals surface area contributed by atoms with E-state index in [-0.39, 0.29) is 11.7 Å². The molecule has 1 aliphatic carbocycles. The topological polar surface area (TPSA) is 67.6 Å². The number of halogens is 1. The quantitative estimate of drug-likeness (QED) is 0.868. The Morgan fingerprint density at radius 3 is 2.81 bits per heavy atom. The normalized spacial score (nSPS) is 24.8. The first-order valence-electron chi connectivity index (χ1n) is 8.96. The van der Waals surface area contributed by atoms with E-state index in [2.05, 4.69) is 17.2 Å². The van der Waals surface area contributed by atoms with Crippen molar-refractivity contribution >= 4 is 5.70 Å². The van der Waals surface area contributed by atoms with Gasteiger partial charge in [-0.05, 0) is 31.6 Å². The van der Waals surface area contributed by atoms with Crippen LogP contribution in [0.4, 0.5) is 4.39 Å². The molecule has 6 nitrogen and oxygen atoms in total. The number of nitrogens with one attached hydrogen (secondary N) is 2.